The first-order valence-corrected chi connectivity index (χ1v) is 21.9. The summed E-state index contributed by atoms with van der Waals surface area (Å²) in [6.07, 6.45) is 5.63. The summed E-state index contributed by atoms with van der Waals surface area (Å²) in [6, 6.07) is 7.85. The largest absolute Gasteiger partial charge is 0.480 e. The van der Waals surface area contributed by atoms with Gasteiger partial charge in [-0.25, -0.2) is 0 Å². The highest BCUT2D eigenvalue weighted by molar-refractivity contribution is 7.41. The van der Waals surface area contributed by atoms with Gasteiger partial charge >= 0.3 is 5.97 Å². The maximum atomic E-state index is 12.2. The van der Waals surface area contributed by atoms with Crippen molar-refractivity contribution in [2.75, 3.05) is 66.2 Å². The van der Waals surface area contributed by atoms with Gasteiger partial charge in [-0.15, -0.1) is 8.58 Å². The highest BCUT2D eigenvalue weighted by Crippen LogP contribution is 2.28. The number of benzene rings is 1. The summed E-state index contributed by atoms with van der Waals surface area (Å²) in [5, 5.41) is 23.2. The van der Waals surface area contributed by atoms with Gasteiger partial charge in [0.05, 0.1) is 37.4 Å². The summed E-state index contributed by atoms with van der Waals surface area (Å²) in [4.78, 5) is 103. The van der Waals surface area contributed by atoms with E-state index in [1.807, 2.05) is 62.3 Å². The molecule has 0 saturated carbocycles. The van der Waals surface area contributed by atoms with E-state index in [9.17, 15) is 43.2 Å². The third-order valence-corrected chi connectivity index (χ3v) is 9.97. The maximum Gasteiger partial charge on any atom is 0.322 e. The lowest BCUT2D eigenvalue weighted by atomic mass is 10.1. The molecule has 2 unspecified atom stereocenters. The number of likely N-dealkylation sites (N-methyl/N-ethyl adjacent to an activating group) is 1. The van der Waals surface area contributed by atoms with Crippen molar-refractivity contribution in [1.82, 2.24) is 36.8 Å². The first kappa shape index (κ1) is 60.0. The second kappa shape index (κ2) is 32.6. The van der Waals surface area contributed by atoms with Gasteiger partial charge in [-0.1, -0.05) is 51.1 Å². The lowest BCUT2D eigenvalue weighted by molar-refractivity contribution is -0.138. The highest BCUT2D eigenvalue weighted by atomic mass is 31.1. The van der Waals surface area contributed by atoms with Crippen molar-refractivity contribution in [2.45, 2.75) is 104 Å². The monoisotopic (exact) mass is 909 g/mol. The molecule has 1 aliphatic heterocycles. The molecule has 1 aromatic carbocycles. The molecule has 0 saturated heterocycles. The normalized spacial score (nSPS) is 12.7. The van der Waals surface area contributed by atoms with Crippen LogP contribution in [0.25, 0.3) is 0 Å². The van der Waals surface area contributed by atoms with E-state index in [4.69, 9.17) is 14.6 Å². The first-order chi connectivity index (χ1) is 29.5. The molecule has 1 heterocycles. The summed E-state index contributed by atoms with van der Waals surface area (Å²) in [7, 11) is 3.71. The smallest absolute Gasteiger partial charge is 0.322 e. The number of nitrogens with zero attached hydrogens (tertiary/aromatic N) is 1. The number of rotatable bonds is 25. The van der Waals surface area contributed by atoms with Crippen molar-refractivity contribution in [3.05, 3.63) is 48.0 Å². The van der Waals surface area contributed by atoms with Gasteiger partial charge in [0, 0.05) is 50.3 Å². The van der Waals surface area contributed by atoms with Crippen LogP contribution in [0.5, 0.6) is 0 Å². The van der Waals surface area contributed by atoms with E-state index >= 15 is 0 Å². The van der Waals surface area contributed by atoms with Gasteiger partial charge in [-0.05, 0) is 66.7 Å². The number of aldehydes is 1. The lowest BCUT2D eigenvalue weighted by Gasteiger charge is -2.29. The average Bonchev–Trinajstić information content (AvgIpc) is 3.57. The molecule has 0 aliphatic carbocycles. The Hall–Kier alpha value is -5.10. The Bertz CT molecular complexity index is 1620. The van der Waals surface area contributed by atoms with Crippen LogP contribution >= 0.6 is 8.58 Å². The van der Waals surface area contributed by atoms with Crippen molar-refractivity contribution >= 4 is 62.2 Å². The molecule has 1 aliphatic rings. The molecule has 0 fully saturated rings. The standard InChI is InChI=1S/C18H25N5O6.C13H27NO3.C10H14NO3P.C2H6/c1-19-8-14(24)20-9-15(25)21-10-16(26)23-13(18(29)22-11-17(27)28)7-12-5-3-2-4-6-12;1-7-11(15)14-10-13(4,5)17-9-8-12(2,3)16-6;1-10(2,7-12)15-6-5-11-8(13)3-4-9(11)14;1-2/h2-6,13,19H,7-11H2,1H3,(H,20,24)(H,21,25)(H,22,29)(H,23,26)(H,27,28);7-10H2,1-6H3,(H,14,15);3-4,7,15H,5-6H2,1-2H3;1-2H3. The average molecular weight is 910 g/mol. The molecule has 2 rings (SSSR count). The Kier molecular flexibility index (Phi) is 31.0. The number of carboxylic acids is 1. The molecule has 0 spiro atoms. The van der Waals surface area contributed by atoms with Gasteiger partial charge in [0.1, 0.15) is 18.9 Å². The molecule has 0 bridgehead atoms. The van der Waals surface area contributed by atoms with Crippen LogP contribution in [0.15, 0.2) is 42.5 Å². The zero-order chi connectivity index (χ0) is 48.6. The molecular formula is C43H72N7O12P. The summed E-state index contributed by atoms with van der Waals surface area (Å²) in [5.74, 6) is -3.90. The van der Waals surface area contributed by atoms with Gasteiger partial charge in [0.2, 0.25) is 29.5 Å². The zero-order valence-corrected chi connectivity index (χ0v) is 39.9. The molecule has 356 valence electrons. The van der Waals surface area contributed by atoms with Crippen LogP contribution in [0, 0.1) is 0 Å². The topological polar surface area (TPSA) is 268 Å². The fraction of sp³-hybridized carbons (Fsp3) is 0.605. The number of hydrogen-bond acceptors (Lipinski definition) is 12. The number of nitrogens with one attached hydrogen (secondary N) is 6. The van der Waals surface area contributed by atoms with Crippen molar-refractivity contribution in [3.8, 4) is 0 Å². The fourth-order valence-electron chi connectivity index (χ4n) is 4.58. The Labute approximate surface area is 374 Å². The predicted molar refractivity (Wildman–Crippen MR) is 242 cm³/mol. The summed E-state index contributed by atoms with van der Waals surface area (Å²) in [6.45, 7) is 17.9. The van der Waals surface area contributed by atoms with Crippen molar-refractivity contribution < 1.29 is 57.7 Å². The minimum Gasteiger partial charge on any atom is -0.480 e. The van der Waals surface area contributed by atoms with Gasteiger partial charge in [0.15, 0.2) is 0 Å². The number of ether oxygens (including phenoxy) is 2. The number of carbonyl (C=O) groups is 9. The molecule has 0 aromatic heterocycles. The van der Waals surface area contributed by atoms with Crippen LogP contribution in [0.1, 0.15) is 80.7 Å². The lowest BCUT2D eigenvalue weighted by Crippen LogP contribution is -2.51. The molecular weight excluding hydrogens is 837 g/mol. The summed E-state index contributed by atoms with van der Waals surface area (Å²) < 4.78 is 11.1. The van der Waals surface area contributed by atoms with Crippen LogP contribution in [0.3, 0.4) is 0 Å². The van der Waals surface area contributed by atoms with E-state index in [-0.39, 0.29) is 59.5 Å². The molecule has 19 nitrogen and oxygen atoms in total. The van der Waals surface area contributed by atoms with Crippen LogP contribution in [0.4, 0.5) is 0 Å². The third-order valence-electron chi connectivity index (χ3n) is 8.47. The second-order valence-corrected chi connectivity index (χ2v) is 17.5. The van der Waals surface area contributed by atoms with Crippen molar-refractivity contribution in [1.29, 1.82) is 0 Å². The first-order valence-electron chi connectivity index (χ1n) is 20.7. The maximum absolute atomic E-state index is 12.2. The number of aliphatic carboxylic acids is 1. The molecule has 20 heteroatoms. The van der Waals surface area contributed by atoms with E-state index in [2.05, 4.69) is 31.9 Å². The van der Waals surface area contributed by atoms with E-state index in [0.29, 0.717) is 40.9 Å². The van der Waals surface area contributed by atoms with Crippen molar-refractivity contribution in [2.24, 2.45) is 0 Å². The molecule has 7 N–H and O–H groups in total. The van der Waals surface area contributed by atoms with Gasteiger partial charge < -0.3 is 51.3 Å². The zero-order valence-electron chi connectivity index (χ0n) is 38.9. The molecule has 2 atom stereocenters. The molecule has 7 amide bonds. The minimum absolute atomic E-state index is 0.0545. The number of amides is 7. The van der Waals surface area contributed by atoms with Gasteiger partial charge in [-0.3, -0.25) is 43.3 Å². The second-order valence-electron chi connectivity index (χ2n) is 15.4. The van der Waals surface area contributed by atoms with Crippen LogP contribution < -0.4 is 31.9 Å². The van der Waals surface area contributed by atoms with E-state index in [1.54, 1.807) is 44.5 Å². The van der Waals surface area contributed by atoms with Gasteiger partial charge in [-0.2, -0.15) is 0 Å². The predicted octanol–water partition coefficient (Wildman–Crippen LogP) is 1.08. The number of methoxy groups -OCH3 is 1. The Balaban J connectivity index is 0. The quantitative estimate of drug-likeness (QED) is 0.0412. The van der Waals surface area contributed by atoms with Crippen molar-refractivity contribution in [3.63, 3.8) is 0 Å². The van der Waals surface area contributed by atoms with E-state index in [0.717, 1.165) is 18.3 Å². The molecule has 0 radical (unpaired) electrons. The van der Waals surface area contributed by atoms with E-state index in [1.165, 1.54) is 17.1 Å². The Morgan fingerprint density at radius 1 is 0.794 bits per heavy atom. The fourth-order valence-corrected chi connectivity index (χ4v) is 5.64. The summed E-state index contributed by atoms with van der Waals surface area (Å²) >= 11 is 0. The number of carboxylic acid groups (broad SMARTS) is 1. The Morgan fingerprint density at radius 3 is 1.86 bits per heavy atom. The third kappa shape index (κ3) is 30.6. The van der Waals surface area contributed by atoms with Crippen LogP contribution in [0.2, 0.25) is 0 Å². The van der Waals surface area contributed by atoms with E-state index < -0.39 is 42.8 Å². The number of imide groups is 1. The number of hydrogen-bond donors (Lipinski definition) is 7. The van der Waals surface area contributed by atoms with Crippen LogP contribution in [-0.4, -0.2) is 152 Å². The van der Waals surface area contributed by atoms with Gasteiger partial charge in [0.25, 0.3) is 11.8 Å². The SMILES string of the molecule is CC.CC(C)(C=O)PCCN1C(=O)C=CC1=O.CCC(=O)NCC(C)(C)OCCC(C)(C)OC.CNCC(=O)NCC(=O)NCC(=O)NC(Cc1ccccc1)C(=O)NCC(=O)O. The van der Waals surface area contributed by atoms with Crippen LogP contribution in [-0.2, 0) is 59.0 Å². The number of carbonyl (C=O) groups excluding carboxylic acids is 8. The molecule has 63 heavy (non-hydrogen) atoms. The molecule has 1 aromatic rings. The summed E-state index contributed by atoms with van der Waals surface area (Å²) in [5.41, 5.74) is 0.261. The minimum atomic E-state index is -1.21. The Morgan fingerprint density at radius 2 is 1.35 bits per heavy atom. The highest BCUT2D eigenvalue weighted by Gasteiger charge is 2.25.